The first kappa shape index (κ1) is 29.8. The largest absolute Gasteiger partial charge is 0.444 e. The zero-order chi connectivity index (χ0) is 29.9. The molecular weight excluding hydrogens is 551 g/mol. The maximum absolute atomic E-state index is 13.8. The Morgan fingerprint density at radius 1 is 1.02 bits per heavy atom. The Kier molecular flexibility index (Phi) is 9.02. The fourth-order valence-electron chi connectivity index (χ4n) is 5.99. The van der Waals surface area contributed by atoms with Crippen molar-refractivity contribution in [2.75, 3.05) is 45.8 Å². The Morgan fingerprint density at radius 3 is 2.48 bits per heavy atom. The summed E-state index contributed by atoms with van der Waals surface area (Å²) in [5.74, 6) is -0.358. The molecule has 3 aliphatic rings. The van der Waals surface area contributed by atoms with Crippen molar-refractivity contribution < 1.29 is 32.3 Å². The second-order valence-corrected chi connectivity index (χ2v) is 11.1. The van der Waals surface area contributed by atoms with Crippen LogP contribution in [0.5, 0.6) is 0 Å². The van der Waals surface area contributed by atoms with Crippen molar-refractivity contribution >= 4 is 17.9 Å². The van der Waals surface area contributed by atoms with Gasteiger partial charge in [0.2, 0.25) is 11.8 Å². The van der Waals surface area contributed by atoms with E-state index in [9.17, 15) is 27.6 Å². The summed E-state index contributed by atoms with van der Waals surface area (Å²) in [6, 6.07) is 12.3. The molecule has 226 valence electrons. The summed E-state index contributed by atoms with van der Waals surface area (Å²) in [6.07, 6.45) is -5.53. The van der Waals surface area contributed by atoms with Gasteiger partial charge in [0.1, 0.15) is 18.8 Å². The van der Waals surface area contributed by atoms with Gasteiger partial charge in [-0.05, 0) is 36.6 Å². The number of amides is 3. The molecule has 0 unspecified atom stereocenters. The number of benzene rings is 2. The van der Waals surface area contributed by atoms with Crippen LogP contribution in [0, 0.1) is 6.92 Å². The molecule has 12 heteroatoms. The van der Waals surface area contributed by atoms with E-state index in [2.05, 4.69) is 10.2 Å². The number of nitrogens with zero attached hydrogens (tertiary/aromatic N) is 4. The molecule has 5 rings (SSSR count). The van der Waals surface area contributed by atoms with Crippen molar-refractivity contribution in [3.63, 3.8) is 0 Å². The summed E-state index contributed by atoms with van der Waals surface area (Å²) in [5.41, 5.74) is 0.744. The van der Waals surface area contributed by atoms with Crippen LogP contribution in [0.25, 0.3) is 0 Å². The number of alkyl halides is 3. The Hall–Kier alpha value is -3.64. The van der Waals surface area contributed by atoms with E-state index in [1.807, 2.05) is 30.3 Å². The number of hydrogen-bond donors (Lipinski definition) is 1. The van der Waals surface area contributed by atoms with E-state index in [4.69, 9.17) is 4.74 Å². The topological polar surface area (TPSA) is 85.4 Å². The molecule has 0 aliphatic carbocycles. The number of aryl methyl sites for hydroxylation is 1. The number of nitrogens with one attached hydrogen (secondary N) is 1. The molecule has 42 heavy (non-hydrogen) atoms. The van der Waals surface area contributed by atoms with Gasteiger partial charge in [0.15, 0.2) is 0 Å². The van der Waals surface area contributed by atoms with Crippen molar-refractivity contribution in [1.29, 1.82) is 0 Å². The molecule has 1 N–H and O–H groups in total. The Bertz CT molecular complexity index is 1290. The number of ether oxygens (including phenoxy) is 1. The van der Waals surface area contributed by atoms with Crippen LogP contribution in [0.4, 0.5) is 18.0 Å². The van der Waals surface area contributed by atoms with Crippen LogP contribution >= 0.6 is 0 Å². The van der Waals surface area contributed by atoms with Crippen molar-refractivity contribution in [2.45, 2.75) is 51.3 Å². The number of piperazine rings is 2. The van der Waals surface area contributed by atoms with Gasteiger partial charge in [0.25, 0.3) is 0 Å². The molecule has 3 fully saturated rings. The summed E-state index contributed by atoms with van der Waals surface area (Å²) in [7, 11) is 0. The molecule has 3 heterocycles. The van der Waals surface area contributed by atoms with Gasteiger partial charge < -0.3 is 24.8 Å². The third-order valence-corrected chi connectivity index (χ3v) is 8.06. The predicted molar refractivity (Wildman–Crippen MR) is 148 cm³/mol. The minimum Gasteiger partial charge on any atom is -0.444 e. The first-order chi connectivity index (χ1) is 20.1. The highest BCUT2D eigenvalue weighted by molar-refractivity contribution is 5.90. The van der Waals surface area contributed by atoms with E-state index < -0.39 is 30.0 Å². The number of carbonyl (C=O) groups is 3. The standard InChI is InChI=1S/C30H36F3N5O4/c1-21-15-23(17-24(16-21)30(31,32)33)20-42-29(41)37-12-8-27(39)38-25(7-11-35-13-9-34-10-14-35)28(40)36(19-26(37)38)18-22-5-3-2-4-6-22/h2-6,15-17,25-26,34H,7-14,18-20H2,1H3/t25-,26+/m0/s1. The van der Waals surface area contributed by atoms with Crippen LogP contribution < -0.4 is 5.32 Å². The molecular formula is C30H36F3N5O4. The van der Waals surface area contributed by atoms with E-state index in [-0.39, 0.29) is 43.5 Å². The second kappa shape index (κ2) is 12.7. The van der Waals surface area contributed by atoms with Gasteiger partial charge in [0.05, 0.1) is 12.1 Å². The van der Waals surface area contributed by atoms with Crippen LogP contribution in [0.2, 0.25) is 0 Å². The van der Waals surface area contributed by atoms with Gasteiger partial charge in [-0.25, -0.2) is 4.79 Å². The third kappa shape index (κ3) is 6.87. The minimum atomic E-state index is -4.52. The van der Waals surface area contributed by atoms with Crippen molar-refractivity contribution in [3.8, 4) is 0 Å². The first-order valence-electron chi connectivity index (χ1n) is 14.3. The highest BCUT2D eigenvalue weighted by Gasteiger charge is 2.49. The quantitative estimate of drug-likeness (QED) is 0.536. The van der Waals surface area contributed by atoms with Crippen LogP contribution in [0.15, 0.2) is 48.5 Å². The smallest absolute Gasteiger partial charge is 0.416 e. The Labute approximate surface area is 243 Å². The molecule has 3 amide bonds. The molecule has 3 saturated heterocycles. The summed E-state index contributed by atoms with van der Waals surface area (Å²) < 4.78 is 45.4. The molecule has 0 aromatic heterocycles. The van der Waals surface area contributed by atoms with E-state index in [0.717, 1.165) is 43.9 Å². The first-order valence-corrected chi connectivity index (χ1v) is 14.3. The molecule has 0 bridgehead atoms. The lowest BCUT2D eigenvalue weighted by molar-refractivity contribution is -0.169. The molecule has 0 radical (unpaired) electrons. The Balaban J connectivity index is 1.35. The van der Waals surface area contributed by atoms with Crippen LogP contribution in [-0.2, 0) is 33.7 Å². The van der Waals surface area contributed by atoms with Gasteiger partial charge in [-0.15, -0.1) is 0 Å². The molecule has 0 spiro atoms. The van der Waals surface area contributed by atoms with Gasteiger partial charge in [-0.3, -0.25) is 14.5 Å². The highest BCUT2D eigenvalue weighted by atomic mass is 19.4. The average Bonchev–Trinajstić information content (AvgIpc) is 2.96. The lowest BCUT2D eigenvalue weighted by atomic mass is 10.0. The maximum atomic E-state index is 13.8. The highest BCUT2D eigenvalue weighted by Crippen LogP contribution is 2.32. The second-order valence-electron chi connectivity index (χ2n) is 11.1. The number of carbonyl (C=O) groups excluding carboxylic acids is 3. The molecule has 0 saturated carbocycles. The molecule has 2 atom stereocenters. The van der Waals surface area contributed by atoms with Crippen molar-refractivity contribution in [3.05, 3.63) is 70.8 Å². The third-order valence-electron chi connectivity index (χ3n) is 8.06. The normalized spacial score (nSPS) is 21.9. The SMILES string of the molecule is Cc1cc(COC(=O)N2CCC(=O)N3[C@@H]2CN(Cc2ccccc2)C(=O)[C@@H]3CCN2CCNCC2)cc(C(F)(F)F)c1. The Morgan fingerprint density at radius 2 is 1.76 bits per heavy atom. The van der Waals surface area contributed by atoms with E-state index in [1.165, 1.54) is 9.80 Å². The molecule has 2 aromatic carbocycles. The average molecular weight is 588 g/mol. The zero-order valence-electron chi connectivity index (χ0n) is 23.6. The minimum absolute atomic E-state index is 0.0321. The van der Waals surface area contributed by atoms with E-state index in [1.54, 1.807) is 17.9 Å². The zero-order valence-corrected chi connectivity index (χ0v) is 23.6. The van der Waals surface area contributed by atoms with Crippen LogP contribution in [-0.4, -0.2) is 95.5 Å². The lowest BCUT2D eigenvalue weighted by Gasteiger charge is -2.52. The van der Waals surface area contributed by atoms with Gasteiger partial charge >= 0.3 is 12.3 Å². The van der Waals surface area contributed by atoms with Crippen LogP contribution in [0.3, 0.4) is 0 Å². The maximum Gasteiger partial charge on any atom is 0.416 e. The monoisotopic (exact) mass is 587 g/mol. The fraction of sp³-hybridized carbons (Fsp3) is 0.500. The number of fused-ring (bicyclic) bond motifs is 1. The number of rotatable bonds is 7. The summed E-state index contributed by atoms with van der Waals surface area (Å²) >= 11 is 0. The molecule has 3 aliphatic heterocycles. The van der Waals surface area contributed by atoms with Gasteiger partial charge in [0, 0.05) is 52.2 Å². The summed E-state index contributed by atoms with van der Waals surface area (Å²) in [5, 5.41) is 3.31. The summed E-state index contributed by atoms with van der Waals surface area (Å²) in [6.45, 7) is 5.78. The van der Waals surface area contributed by atoms with Gasteiger partial charge in [-0.1, -0.05) is 42.0 Å². The van der Waals surface area contributed by atoms with E-state index in [0.29, 0.717) is 25.1 Å². The van der Waals surface area contributed by atoms with Crippen molar-refractivity contribution in [1.82, 2.24) is 24.9 Å². The summed E-state index contributed by atoms with van der Waals surface area (Å²) in [4.78, 5) is 47.4. The van der Waals surface area contributed by atoms with Crippen LogP contribution in [0.1, 0.15) is 35.1 Å². The van der Waals surface area contributed by atoms with Crippen molar-refractivity contribution in [2.24, 2.45) is 0 Å². The van der Waals surface area contributed by atoms with E-state index >= 15 is 0 Å². The predicted octanol–water partition coefficient (Wildman–Crippen LogP) is 3.22. The molecule has 9 nitrogen and oxygen atoms in total. The number of halogens is 3. The number of hydrogen-bond acceptors (Lipinski definition) is 6. The fourth-order valence-corrected chi connectivity index (χ4v) is 5.99. The lowest BCUT2D eigenvalue weighted by Crippen LogP contribution is -2.71. The molecule has 2 aromatic rings. The van der Waals surface area contributed by atoms with Gasteiger partial charge in [-0.2, -0.15) is 13.2 Å².